The van der Waals surface area contributed by atoms with Crippen LogP contribution in [0.2, 0.25) is 0 Å². The fourth-order valence-corrected chi connectivity index (χ4v) is 3.28. The normalized spacial score (nSPS) is 35.5. The fourth-order valence-electron chi connectivity index (χ4n) is 3.28. The molecule has 7 heteroatoms. The van der Waals surface area contributed by atoms with Gasteiger partial charge in [-0.2, -0.15) is 0 Å². The molecule has 2 aliphatic heterocycles. The maximum Gasteiger partial charge on any atom is 0.411 e. The van der Waals surface area contributed by atoms with Gasteiger partial charge in [-0.05, 0) is 20.3 Å². The molecule has 5 atom stereocenters. The lowest BCUT2D eigenvalue weighted by atomic mass is 9.89. The first-order chi connectivity index (χ1) is 9.86. The summed E-state index contributed by atoms with van der Waals surface area (Å²) in [5.41, 5.74) is 0. The number of carbonyl (C=O) groups excluding carboxylic acids is 2. The Labute approximate surface area is 122 Å². The van der Waals surface area contributed by atoms with E-state index in [0.717, 1.165) is 0 Å². The van der Waals surface area contributed by atoms with Crippen molar-refractivity contribution in [1.82, 2.24) is 10.2 Å². The number of allylic oxidation sites excluding steroid dienone is 1. The van der Waals surface area contributed by atoms with Crippen LogP contribution in [-0.2, 0) is 14.3 Å². The number of cyclic esters (lactones) is 1. The Balaban J connectivity index is 2.39. The SMILES string of the molecule is C/C=C\[C@@H]1C[C@H](C(=O)O)N2C(=O)O[C@@H](C)[C@H](NC(C)=O)[C@@H]12. The Kier molecular flexibility index (Phi) is 4.20. The number of carbonyl (C=O) groups is 3. The van der Waals surface area contributed by atoms with Gasteiger partial charge >= 0.3 is 12.1 Å². The van der Waals surface area contributed by atoms with Crippen molar-refractivity contribution in [2.75, 3.05) is 0 Å². The average Bonchev–Trinajstić information content (AvgIpc) is 2.75. The van der Waals surface area contributed by atoms with Crippen molar-refractivity contribution in [2.45, 2.75) is 51.4 Å². The molecule has 0 aliphatic carbocycles. The van der Waals surface area contributed by atoms with Crippen LogP contribution in [0, 0.1) is 5.92 Å². The van der Waals surface area contributed by atoms with E-state index in [9.17, 15) is 19.5 Å². The second-order valence-corrected chi connectivity index (χ2v) is 5.49. The molecule has 2 N–H and O–H groups in total. The van der Waals surface area contributed by atoms with Crippen molar-refractivity contribution in [2.24, 2.45) is 5.92 Å². The maximum atomic E-state index is 12.1. The smallest absolute Gasteiger partial charge is 0.411 e. The van der Waals surface area contributed by atoms with E-state index >= 15 is 0 Å². The maximum absolute atomic E-state index is 12.1. The summed E-state index contributed by atoms with van der Waals surface area (Å²) in [5, 5.41) is 12.1. The highest BCUT2D eigenvalue weighted by Crippen LogP contribution is 2.38. The molecule has 2 amide bonds. The Morgan fingerprint density at radius 1 is 1.48 bits per heavy atom. The lowest BCUT2D eigenvalue weighted by Gasteiger charge is -2.42. The molecule has 0 radical (unpaired) electrons. The Morgan fingerprint density at radius 3 is 2.67 bits per heavy atom. The van der Waals surface area contributed by atoms with E-state index < -0.39 is 36.3 Å². The van der Waals surface area contributed by atoms with E-state index in [1.54, 1.807) is 6.92 Å². The van der Waals surface area contributed by atoms with Gasteiger partial charge in [-0.1, -0.05) is 12.2 Å². The van der Waals surface area contributed by atoms with E-state index in [2.05, 4.69) is 5.32 Å². The lowest BCUT2D eigenvalue weighted by molar-refractivity contribution is -0.143. The summed E-state index contributed by atoms with van der Waals surface area (Å²) in [6.45, 7) is 4.94. The quantitative estimate of drug-likeness (QED) is 0.749. The van der Waals surface area contributed by atoms with Gasteiger partial charge in [0.2, 0.25) is 5.91 Å². The van der Waals surface area contributed by atoms with Gasteiger partial charge in [-0.3, -0.25) is 9.69 Å². The van der Waals surface area contributed by atoms with Gasteiger partial charge in [0.05, 0.1) is 12.1 Å². The Hall–Kier alpha value is -2.05. The predicted molar refractivity (Wildman–Crippen MR) is 73.5 cm³/mol. The van der Waals surface area contributed by atoms with Crippen LogP contribution < -0.4 is 5.32 Å². The van der Waals surface area contributed by atoms with Crippen LogP contribution in [-0.4, -0.2) is 52.2 Å². The number of amides is 2. The molecule has 0 aromatic rings. The molecule has 0 bridgehead atoms. The summed E-state index contributed by atoms with van der Waals surface area (Å²) >= 11 is 0. The molecule has 2 aliphatic rings. The third kappa shape index (κ3) is 2.72. The van der Waals surface area contributed by atoms with Gasteiger partial charge in [0.1, 0.15) is 12.1 Å². The molecular formula is C14H20N2O5. The van der Waals surface area contributed by atoms with Gasteiger partial charge in [0.15, 0.2) is 0 Å². The molecule has 116 valence electrons. The van der Waals surface area contributed by atoms with Gasteiger partial charge in [-0.15, -0.1) is 0 Å². The first kappa shape index (κ1) is 15.3. The first-order valence-corrected chi connectivity index (χ1v) is 6.98. The zero-order valence-corrected chi connectivity index (χ0v) is 12.3. The topological polar surface area (TPSA) is 95.9 Å². The summed E-state index contributed by atoms with van der Waals surface area (Å²) in [7, 11) is 0. The van der Waals surface area contributed by atoms with Crippen molar-refractivity contribution in [1.29, 1.82) is 0 Å². The number of aliphatic carboxylic acids is 1. The molecule has 2 rings (SSSR count). The second-order valence-electron chi connectivity index (χ2n) is 5.49. The lowest BCUT2D eigenvalue weighted by Crippen LogP contribution is -2.64. The molecule has 0 aromatic heterocycles. The highest BCUT2D eigenvalue weighted by molar-refractivity contribution is 5.82. The highest BCUT2D eigenvalue weighted by Gasteiger charge is 2.55. The largest absolute Gasteiger partial charge is 0.480 e. The Bertz CT molecular complexity index is 490. The monoisotopic (exact) mass is 296 g/mol. The number of ether oxygens (including phenoxy) is 1. The summed E-state index contributed by atoms with van der Waals surface area (Å²) in [5.74, 6) is -1.41. The summed E-state index contributed by atoms with van der Waals surface area (Å²) in [6.07, 6.45) is 2.92. The minimum Gasteiger partial charge on any atom is -0.480 e. The molecule has 2 fully saturated rings. The van der Waals surface area contributed by atoms with Crippen molar-refractivity contribution in [3.8, 4) is 0 Å². The van der Waals surface area contributed by atoms with Gasteiger partial charge < -0.3 is 15.2 Å². The van der Waals surface area contributed by atoms with Crippen LogP contribution in [0.4, 0.5) is 4.79 Å². The van der Waals surface area contributed by atoms with E-state index in [1.165, 1.54) is 11.8 Å². The van der Waals surface area contributed by atoms with Gasteiger partial charge in [-0.25, -0.2) is 9.59 Å². The molecule has 21 heavy (non-hydrogen) atoms. The molecule has 2 saturated heterocycles. The number of hydrogen-bond acceptors (Lipinski definition) is 4. The van der Waals surface area contributed by atoms with Crippen molar-refractivity contribution >= 4 is 18.0 Å². The third-order valence-corrected chi connectivity index (χ3v) is 4.06. The minimum atomic E-state index is -1.06. The van der Waals surface area contributed by atoms with Gasteiger partial charge in [0.25, 0.3) is 0 Å². The first-order valence-electron chi connectivity index (χ1n) is 6.98. The van der Waals surface area contributed by atoms with Crippen LogP contribution in [0.15, 0.2) is 12.2 Å². The number of hydrogen-bond donors (Lipinski definition) is 2. The molecule has 0 spiro atoms. The molecule has 7 nitrogen and oxygen atoms in total. The number of carboxylic acids is 1. The zero-order valence-electron chi connectivity index (χ0n) is 12.3. The van der Waals surface area contributed by atoms with Crippen LogP contribution >= 0.6 is 0 Å². The van der Waals surface area contributed by atoms with Crippen molar-refractivity contribution in [3.63, 3.8) is 0 Å². The number of carboxylic acid groups (broad SMARTS) is 1. The minimum absolute atomic E-state index is 0.122. The average molecular weight is 296 g/mol. The van der Waals surface area contributed by atoms with Crippen LogP contribution in [0.1, 0.15) is 27.2 Å². The van der Waals surface area contributed by atoms with E-state index in [0.29, 0.717) is 6.42 Å². The number of rotatable bonds is 3. The molecule has 0 saturated carbocycles. The standard InChI is InChI=1S/C14H20N2O5/c1-4-5-9-6-10(13(18)19)16-12(9)11(15-8(3)17)7(2)21-14(16)20/h4-5,7,9-12H,6H2,1-3H3,(H,15,17)(H,18,19)/b5-4-/t7-,9+,10+,11-,12+/m0/s1. The number of nitrogens with one attached hydrogen (secondary N) is 1. The summed E-state index contributed by atoms with van der Waals surface area (Å²) < 4.78 is 5.21. The molecule has 2 heterocycles. The number of fused-ring (bicyclic) bond motifs is 1. The van der Waals surface area contributed by atoms with E-state index in [-0.39, 0.29) is 11.8 Å². The van der Waals surface area contributed by atoms with Gasteiger partial charge in [0, 0.05) is 12.8 Å². The molecular weight excluding hydrogens is 276 g/mol. The predicted octanol–water partition coefficient (Wildman–Crippen LogP) is 0.750. The third-order valence-electron chi connectivity index (χ3n) is 4.06. The van der Waals surface area contributed by atoms with Crippen LogP contribution in [0.25, 0.3) is 0 Å². The second kappa shape index (κ2) is 5.75. The molecule has 0 unspecified atom stereocenters. The van der Waals surface area contributed by atoms with E-state index in [1.807, 2.05) is 19.1 Å². The van der Waals surface area contributed by atoms with E-state index in [4.69, 9.17) is 4.74 Å². The zero-order chi connectivity index (χ0) is 15.7. The summed E-state index contributed by atoms with van der Waals surface area (Å²) in [4.78, 5) is 36.1. The Morgan fingerprint density at radius 2 is 2.14 bits per heavy atom. The highest BCUT2D eigenvalue weighted by atomic mass is 16.6. The number of nitrogens with zero attached hydrogens (tertiary/aromatic N) is 1. The summed E-state index contributed by atoms with van der Waals surface area (Å²) in [6, 6.07) is -1.75. The van der Waals surface area contributed by atoms with Crippen LogP contribution in [0.5, 0.6) is 0 Å². The molecule has 0 aromatic carbocycles. The van der Waals surface area contributed by atoms with Crippen molar-refractivity contribution < 1.29 is 24.2 Å². The van der Waals surface area contributed by atoms with Crippen molar-refractivity contribution in [3.05, 3.63) is 12.2 Å². The fraction of sp³-hybridized carbons (Fsp3) is 0.643. The van der Waals surface area contributed by atoms with Crippen LogP contribution in [0.3, 0.4) is 0 Å².